The number of nitrogens with one attached hydrogen (secondary N) is 1. The normalized spacial score (nSPS) is 11.0. The fraction of sp³-hybridized carbons (Fsp3) is 0.176. The lowest BCUT2D eigenvalue weighted by atomic mass is 10.1. The van der Waals surface area contributed by atoms with Crippen LogP contribution in [-0.4, -0.2) is 25.3 Å². The van der Waals surface area contributed by atoms with Gasteiger partial charge in [-0.05, 0) is 48.9 Å². The maximum atomic E-state index is 11.7. The van der Waals surface area contributed by atoms with E-state index in [1.165, 1.54) is 0 Å². The van der Waals surface area contributed by atoms with Crippen LogP contribution in [0.4, 0.5) is 5.69 Å². The number of carbonyl (C=O) groups excluding carboxylic acids is 1. The second-order valence-electron chi connectivity index (χ2n) is 4.82. The van der Waals surface area contributed by atoms with Crippen LogP contribution in [0.2, 0.25) is 0 Å². The van der Waals surface area contributed by atoms with Gasteiger partial charge in [0.2, 0.25) is 0 Å². The third-order valence-electron chi connectivity index (χ3n) is 3.11. The number of hydrazone groups is 1. The highest BCUT2D eigenvalue weighted by Crippen LogP contribution is 2.16. The fourth-order valence-electron chi connectivity index (χ4n) is 1.79. The van der Waals surface area contributed by atoms with Gasteiger partial charge < -0.3 is 15.2 Å². The Morgan fingerprint density at radius 3 is 2.30 bits per heavy atom. The Morgan fingerprint density at radius 1 is 1.09 bits per heavy atom. The lowest BCUT2D eigenvalue weighted by Crippen LogP contribution is -2.25. The average Bonchev–Trinajstić information content (AvgIpc) is 2.59. The molecule has 1 amide bonds. The predicted molar refractivity (Wildman–Crippen MR) is 89.7 cm³/mol. The van der Waals surface area contributed by atoms with E-state index in [-0.39, 0.29) is 12.5 Å². The summed E-state index contributed by atoms with van der Waals surface area (Å²) in [5.41, 5.74) is 10.3. The van der Waals surface area contributed by atoms with Gasteiger partial charge >= 0.3 is 0 Å². The van der Waals surface area contributed by atoms with Crippen molar-refractivity contribution in [2.24, 2.45) is 5.10 Å². The summed E-state index contributed by atoms with van der Waals surface area (Å²) in [6.45, 7) is 1.68. The average molecular weight is 313 g/mol. The number of nitrogens with two attached hydrogens (primary N) is 1. The topological polar surface area (TPSA) is 85.9 Å². The smallest absolute Gasteiger partial charge is 0.277 e. The van der Waals surface area contributed by atoms with Crippen molar-refractivity contribution in [1.29, 1.82) is 0 Å². The number of hydrogen-bond donors (Lipinski definition) is 2. The largest absolute Gasteiger partial charge is 0.497 e. The minimum atomic E-state index is -0.337. The molecule has 23 heavy (non-hydrogen) atoms. The van der Waals surface area contributed by atoms with Crippen molar-refractivity contribution in [1.82, 2.24) is 5.43 Å². The minimum absolute atomic E-state index is 0.120. The minimum Gasteiger partial charge on any atom is -0.497 e. The molecule has 0 heterocycles. The Bertz CT molecular complexity index is 679. The molecule has 120 valence electrons. The van der Waals surface area contributed by atoms with Crippen LogP contribution in [0.5, 0.6) is 11.5 Å². The number of ether oxygens (including phenoxy) is 2. The van der Waals surface area contributed by atoms with E-state index in [9.17, 15) is 4.79 Å². The van der Waals surface area contributed by atoms with Gasteiger partial charge in [0, 0.05) is 5.69 Å². The zero-order chi connectivity index (χ0) is 16.7. The zero-order valence-electron chi connectivity index (χ0n) is 13.1. The van der Waals surface area contributed by atoms with Crippen molar-refractivity contribution < 1.29 is 14.3 Å². The highest BCUT2D eigenvalue weighted by molar-refractivity contribution is 5.99. The Kier molecular flexibility index (Phi) is 5.57. The number of carbonyl (C=O) groups is 1. The van der Waals surface area contributed by atoms with Crippen LogP contribution in [0.15, 0.2) is 53.6 Å². The molecule has 6 heteroatoms. The zero-order valence-corrected chi connectivity index (χ0v) is 13.1. The second-order valence-corrected chi connectivity index (χ2v) is 4.82. The van der Waals surface area contributed by atoms with E-state index in [0.717, 1.165) is 11.3 Å². The molecule has 0 aromatic heterocycles. The summed E-state index contributed by atoms with van der Waals surface area (Å²) in [5.74, 6) is 0.973. The summed E-state index contributed by atoms with van der Waals surface area (Å²) >= 11 is 0. The molecule has 0 aliphatic heterocycles. The van der Waals surface area contributed by atoms with Gasteiger partial charge in [0.15, 0.2) is 6.61 Å². The maximum Gasteiger partial charge on any atom is 0.277 e. The summed E-state index contributed by atoms with van der Waals surface area (Å²) in [7, 11) is 1.59. The molecule has 0 aliphatic carbocycles. The Balaban J connectivity index is 1.84. The first-order valence-corrected chi connectivity index (χ1v) is 7.04. The number of rotatable bonds is 6. The molecule has 0 saturated heterocycles. The highest BCUT2D eigenvalue weighted by atomic mass is 16.5. The molecule has 0 radical (unpaired) electrons. The number of nitrogen functional groups attached to an aromatic ring is 1. The molecule has 2 aromatic carbocycles. The second kappa shape index (κ2) is 7.84. The predicted octanol–water partition coefficient (Wildman–Crippen LogP) is 2.20. The van der Waals surface area contributed by atoms with Crippen molar-refractivity contribution in [3.8, 4) is 11.5 Å². The first kappa shape index (κ1) is 16.4. The number of hydrogen-bond acceptors (Lipinski definition) is 5. The van der Waals surface area contributed by atoms with E-state index in [2.05, 4.69) is 10.5 Å². The summed E-state index contributed by atoms with van der Waals surface area (Å²) in [6.07, 6.45) is 0. The standard InChI is InChI=1S/C17H19N3O3/c1-12(13-3-5-14(18)6-4-13)19-20-17(21)11-23-16-9-7-15(22-2)8-10-16/h3-10H,11,18H2,1-2H3,(H,20,21). The van der Waals surface area contributed by atoms with Crippen molar-refractivity contribution in [2.75, 3.05) is 19.5 Å². The highest BCUT2D eigenvalue weighted by Gasteiger charge is 2.03. The molecule has 0 bridgehead atoms. The van der Waals surface area contributed by atoms with Crippen molar-refractivity contribution in [3.05, 3.63) is 54.1 Å². The summed E-state index contributed by atoms with van der Waals surface area (Å²) in [5, 5.41) is 4.04. The summed E-state index contributed by atoms with van der Waals surface area (Å²) < 4.78 is 10.4. The Morgan fingerprint density at radius 2 is 1.70 bits per heavy atom. The quantitative estimate of drug-likeness (QED) is 0.486. The monoisotopic (exact) mass is 313 g/mol. The molecular formula is C17H19N3O3. The SMILES string of the molecule is COc1ccc(OCC(=O)NN=C(C)c2ccc(N)cc2)cc1. The third-order valence-corrected chi connectivity index (χ3v) is 3.11. The van der Waals surface area contributed by atoms with Crippen LogP contribution in [0, 0.1) is 0 Å². The molecule has 0 atom stereocenters. The van der Waals surface area contributed by atoms with Crippen LogP contribution in [0.25, 0.3) is 0 Å². The first-order valence-electron chi connectivity index (χ1n) is 7.04. The van der Waals surface area contributed by atoms with Gasteiger partial charge in [0.1, 0.15) is 11.5 Å². The number of methoxy groups -OCH3 is 1. The first-order chi connectivity index (χ1) is 11.1. The lowest BCUT2D eigenvalue weighted by molar-refractivity contribution is -0.123. The number of anilines is 1. The van der Waals surface area contributed by atoms with Gasteiger partial charge in [-0.3, -0.25) is 4.79 Å². The molecule has 0 saturated carbocycles. The van der Waals surface area contributed by atoms with Crippen LogP contribution >= 0.6 is 0 Å². The van der Waals surface area contributed by atoms with Gasteiger partial charge in [0.25, 0.3) is 5.91 Å². The van der Waals surface area contributed by atoms with Gasteiger partial charge in [0.05, 0.1) is 12.8 Å². The molecule has 6 nitrogen and oxygen atoms in total. The van der Waals surface area contributed by atoms with Gasteiger partial charge in [-0.1, -0.05) is 12.1 Å². The number of amides is 1. The van der Waals surface area contributed by atoms with E-state index >= 15 is 0 Å². The molecule has 0 unspecified atom stereocenters. The summed E-state index contributed by atoms with van der Waals surface area (Å²) in [6, 6.07) is 14.2. The van der Waals surface area contributed by atoms with Crippen LogP contribution in [-0.2, 0) is 4.79 Å². The van der Waals surface area contributed by atoms with E-state index in [4.69, 9.17) is 15.2 Å². The Labute approximate surface area is 134 Å². The van der Waals surface area contributed by atoms with E-state index in [0.29, 0.717) is 17.1 Å². The van der Waals surface area contributed by atoms with Gasteiger partial charge in [-0.2, -0.15) is 5.10 Å². The van der Waals surface area contributed by atoms with E-state index in [1.54, 1.807) is 50.4 Å². The Hall–Kier alpha value is -3.02. The van der Waals surface area contributed by atoms with E-state index in [1.807, 2.05) is 12.1 Å². The lowest BCUT2D eigenvalue weighted by Gasteiger charge is -2.07. The maximum absolute atomic E-state index is 11.7. The number of nitrogens with zero attached hydrogens (tertiary/aromatic N) is 1. The third kappa shape index (κ3) is 5.03. The molecular weight excluding hydrogens is 294 g/mol. The van der Waals surface area contributed by atoms with E-state index < -0.39 is 0 Å². The van der Waals surface area contributed by atoms with Crippen molar-refractivity contribution in [3.63, 3.8) is 0 Å². The van der Waals surface area contributed by atoms with Gasteiger partial charge in [-0.15, -0.1) is 0 Å². The molecule has 3 N–H and O–H groups in total. The van der Waals surface area contributed by atoms with Crippen LogP contribution < -0.4 is 20.6 Å². The number of benzene rings is 2. The summed E-state index contributed by atoms with van der Waals surface area (Å²) in [4.78, 5) is 11.7. The fourth-order valence-corrected chi connectivity index (χ4v) is 1.79. The van der Waals surface area contributed by atoms with Crippen LogP contribution in [0.1, 0.15) is 12.5 Å². The van der Waals surface area contributed by atoms with Crippen LogP contribution in [0.3, 0.4) is 0 Å². The molecule has 0 aliphatic rings. The van der Waals surface area contributed by atoms with Crippen molar-refractivity contribution in [2.45, 2.75) is 6.92 Å². The molecule has 0 fully saturated rings. The van der Waals surface area contributed by atoms with Crippen molar-refractivity contribution >= 4 is 17.3 Å². The molecule has 2 rings (SSSR count). The molecule has 2 aromatic rings. The molecule has 0 spiro atoms. The van der Waals surface area contributed by atoms with Gasteiger partial charge in [-0.25, -0.2) is 5.43 Å².